The number of anilines is 1. The summed E-state index contributed by atoms with van der Waals surface area (Å²) in [4.78, 5) is 4.91. The first kappa shape index (κ1) is 12.0. The van der Waals surface area contributed by atoms with Gasteiger partial charge < -0.3 is 4.90 Å². The molecule has 0 bridgehead atoms. The molecule has 0 radical (unpaired) electrons. The van der Waals surface area contributed by atoms with Crippen molar-refractivity contribution in [1.29, 1.82) is 0 Å². The summed E-state index contributed by atoms with van der Waals surface area (Å²) in [6.07, 6.45) is 6.16. The van der Waals surface area contributed by atoms with Gasteiger partial charge in [0.2, 0.25) is 0 Å². The van der Waals surface area contributed by atoms with E-state index in [1.807, 2.05) is 0 Å². The minimum Gasteiger partial charge on any atom is -0.369 e. The van der Waals surface area contributed by atoms with E-state index in [1.165, 1.54) is 11.3 Å². The van der Waals surface area contributed by atoms with Gasteiger partial charge in [-0.15, -0.1) is 12.3 Å². The second kappa shape index (κ2) is 5.75. The lowest BCUT2D eigenvalue weighted by atomic mass is 10.2. The van der Waals surface area contributed by atoms with Crippen molar-refractivity contribution in [2.24, 2.45) is 0 Å². The molecular weight excluding hydrogens is 208 g/mol. The summed E-state index contributed by atoms with van der Waals surface area (Å²) < 4.78 is 0. The fourth-order valence-electron chi connectivity index (χ4n) is 2.28. The van der Waals surface area contributed by atoms with Crippen LogP contribution in [-0.2, 0) is 0 Å². The SMILES string of the molecule is C#CCCN1CCN(c2cccc(C)c2)CC1. The van der Waals surface area contributed by atoms with Crippen molar-refractivity contribution in [2.45, 2.75) is 13.3 Å². The molecule has 0 atom stereocenters. The van der Waals surface area contributed by atoms with E-state index in [0.29, 0.717) is 0 Å². The normalized spacial score (nSPS) is 16.8. The van der Waals surface area contributed by atoms with Gasteiger partial charge in [0.05, 0.1) is 0 Å². The Kier molecular flexibility index (Phi) is 4.06. The highest BCUT2D eigenvalue weighted by Crippen LogP contribution is 2.17. The van der Waals surface area contributed by atoms with Crippen molar-refractivity contribution < 1.29 is 0 Å². The van der Waals surface area contributed by atoms with Gasteiger partial charge in [0.15, 0.2) is 0 Å². The van der Waals surface area contributed by atoms with E-state index >= 15 is 0 Å². The first-order valence-electron chi connectivity index (χ1n) is 6.27. The number of aryl methyl sites for hydroxylation is 1. The van der Waals surface area contributed by atoms with Crippen LogP contribution in [0.2, 0.25) is 0 Å². The first-order valence-corrected chi connectivity index (χ1v) is 6.27. The quantitative estimate of drug-likeness (QED) is 0.731. The largest absolute Gasteiger partial charge is 0.369 e. The second-order valence-corrected chi connectivity index (χ2v) is 4.62. The Bertz CT molecular complexity index is 398. The zero-order valence-corrected chi connectivity index (χ0v) is 10.5. The molecule has 0 unspecified atom stereocenters. The van der Waals surface area contributed by atoms with Crippen molar-refractivity contribution in [3.05, 3.63) is 29.8 Å². The molecule has 17 heavy (non-hydrogen) atoms. The molecule has 90 valence electrons. The summed E-state index contributed by atoms with van der Waals surface area (Å²) in [7, 11) is 0. The average Bonchev–Trinajstić information content (AvgIpc) is 2.37. The minimum absolute atomic E-state index is 0.866. The zero-order chi connectivity index (χ0) is 12.1. The number of hydrogen-bond donors (Lipinski definition) is 0. The van der Waals surface area contributed by atoms with Gasteiger partial charge in [-0.3, -0.25) is 4.90 Å². The first-order chi connectivity index (χ1) is 8.29. The molecule has 0 saturated carbocycles. The summed E-state index contributed by atoms with van der Waals surface area (Å²) in [6, 6.07) is 8.74. The molecule has 2 heteroatoms. The van der Waals surface area contributed by atoms with Crippen LogP contribution in [0.15, 0.2) is 24.3 Å². The van der Waals surface area contributed by atoms with Gasteiger partial charge >= 0.3 is 0 Å². The van der Waals surface area contributed by atoms with E-state index in [1.54, 1.807) is 0 Å². The number of hydrogen-bond acceptors (Lipinski definition) is 2. The highest BCUT2D eigenvalue weighted by Gasteiger charge is 2.16. The third-order valence-electron chi connectivity index (χ3n) is 3.31. The van der Waals surface area contributed by atoms with Crippen LogP contribution in [0, 0.1) is 19.3 Å². The molecular formula is C15H20N2. The summed E-state index contributed by atoms with van der Waals surface area (Å²) in [5.74, 6) is 2.71. The maximum absolute atomic E-state index is 5.29. The molecule has 1 fully saturated rings. The zero-order valence-electron chi connectivity index (χ0n) is 10.5. The number of terminal acetylenes is 1. The average molecular weight is 228 g/mol. The van der Waals surface area contributed by atoms with Gasteiger partial charge in [-0.05, 0) is 24.6 Å². The summed E-state index contributed by atoms with van der Waals surface area (Å²) in [6.45, 7) is 7.64. The van der Waals surface area contributed by atoms with Crippen LogP contribution in [-0.4, -0.2) is 37.6 Å². The van der Waals surface area contributed by atoms with Crippen LogP contribution in [0.25, 0.3) is 0 Å². The molecule has 1 aromatic carbocycles. The van der Waals surface area contributed by atoms with Gasteiger partial charge in [-0.25, -0.2) is 0 Å². The van der Waals surface area contributed by atoms with Crippen LogP contribution in [0.1, 0.15) is 12.0 Å². The standard InChI is InChI=1S/C15H20N2/c1-3-4-8-16-9-11-17(12-10-16)15-7-5-6-14(2)13-15/h1,5-7,13H,4,8-12H2,2H3. The Morgan fingerprint density at radius 1 is 1.24 bits per heavy atom. The van der Waals surface area contributed by atoms with E-state index < -0.39 is 0 Å². The predicted molar refractivity (Wildman–Crippen MR) is 73.3 cm³/mol. The predicted octanol–water partition coefficient (Wildman–Crippen LogP) is 2.14. The maximum Gasteiger partial charge on any atom is 0.0369 e. The van der Waals surface area contributed by atoms with Crippen LogP contribution in [0.4, 0.5) is 5.69 Å². The third kappa shape index (κ3) is 3.25. The number of rotatable bonds is 3. The lowest BCUT2D eigenvalue weighted by molar-refractivity contribution is 0.264. The molecule has 1 heterocycles. The number of nitrogens with zero attached hydrogens (tertiary/aromatic N) is 2. The van der Waals surface area contributed by atoms with Gasteiger partial charge in [0.1, 0.15) is 0 Å². The van der Waals surface area contributed by atoms with E-state index in [-0.39, 0.29) is 0 Å². The molecule has 0 aromatic heterocycles. The van der Waals surface area contributed by atoms with Gasteiger partial charge in [0, 0.05) is 44.8 Å². The van der Waals surface area contributed by atoms with E-state index in [0.717, 1.165) is 39.1 Å². The summed E-state index contributed by atoms with van der Waals surface area (Å²) in [5.41, 5.74) is 2.68. The van der Waals surface area contributed by atoms with Gasteiger partial charge in [0.25, 0.3) is 0 Å². The van der Waals surface area contributed by atoms with E-state index in [2.05, 4.69) is 46.9 Å². The molecule has 2 rings (SSSR count). The van der Waals surface area contributed by atoms with Crippen molar-refractivity contribution in [3.8, 4) is 12.3 Å². The summed E-state index contributed by atoms with van der Waals surface area (Å²) >= 11 is 0. The Hall–Kier alpha value is -1.46. The molecule has 0 aliphatic carbocycles. The Morgan fingerprint density at radius 2 is 2.00 bits per heavy atom. The molecule has 1 aliphatic rings. The maximum atomic E-state index is 5.29. The molecule has 0 N–H and O–H groups in total. The lowest BCUT2D eigenvalue weighted by Gasteiger charge is -2.36. The van der Waals surface area contributed by atoms with Crippen molar-refractivity contribution in [1.82, 2.24) is 4.90 Å². The topological polar surface area (TPSA) is 6.48 Å². The molecule has 1 saturated heterocycles. The number of benzene rings is 1. The molecule has 1 aromatic rings. The summed E-state index contributed by atoms with van der Waals surface area (Å²) in [5, 5.41) is 0. The Morgan fingerprint density at radius 3 is 2.65 bits per heavy atom. The van der Waals surface area contributed by atoms with Crippen LogP contribution in [0.5, 0.6) is 0 Å². The number of piperazine rings is 1. The van der Waals surface area contributed by atoms with Crippen LogP contribution < -0.4 is 4.90 Å². The Balaban J connectivity index is 1.89. The molecule has 0 amide bonds. The second-order valence-electron chi connectivity index (χ2n) is 4.62. The Labute approximate surface area is 104 Å². The molecule has 0 spiro atoms. The highest BCUT2D eigenvalue weighted by molar-refractivity contribution is 5.48. The van der Waals surface area contributed by atoms with E-state index in [9.17, 15) is 0 Å². The highest BCUT2D eigenvalue weighted by atomic mass is 15.3. The van der Waals surface area contributed by atoms with Gasteiger partial charge in [-0.2, -0.15) is 0 Å². The van der Waals surface area contributed by atoms with Gasteiger partial charge in [-0.1, -0.05) is 12.1 Å². The van der Waals surface area contributed by atoms with Crippen molar-refractivity contribution >= 4 is 5.69 Å². The fourth-order valence-corrected chi connectivity index (χ4v) is 2.28. The lowest BCUT2D eigenvalue weighted by Crippen LogP contribution is -2.46. The molecule has 2 nitrogen and oxygen atoms in total. The fraction of sp³-hybridized carbons (Fsp3) is 0.467. The minimum atomic E-state index is 0.866. The van der Waals surface area contributed by atoms with E-state index in [4.69, 9.17) is 6.42 Å². The monoisotopic (exact) mass is 228 g/mol. The third-order valence-corrected chi connectivity index (χ3v) is 3.31. The van der Waals surface area contributed by atoms with Crippen molar-refractivity contribution in [2.75, 3.05) is 37.6 Å². The van der Waals surface area contributed by atoms with Crippen molar-refractivity contribution in [3.63, 3.8) is 0 Å². The van der Waals surface area contributed by atoms with Crippen LogP contribution >= 0.6 is 0 Å². The molecule has 1 aliphatic heterocycles. The van der Waals surface area contributed by atoms with Crippen LogP contribution in [0.3, 0.4) is 0 Å². The smallest absolute Gasteiger partial charge is 0.0369 e.